The van der Waals surface area contributed by atoms with E-state index in [1.54, 1.807) is 12.1 Å². The van der Waals surface area contributed by atoms with Gasteiger partial charge in [0, 0.05) is 0 Å². The average molecular weight is 190 g/mol. The minimum atomic E-state index is -0.203. The van der Waals surface area contributed by atoms with Crippen molar-refractivity contribution in [2.24, 2.45) is 0 Å². The van der Waals surface area contributed by atoms with Gasteiger partial charge in [-0.05, 0) is 49.6 Å². The summed E-state index contributed by atoms with van der Waals surface area (Å²) in [6.45, 7) is 9.73. The molecule has 0 atom stereocenters. The van der Waals surface area contributed by atoms with Crippen LogP contribution < -0.4 is 0 Å². The fourth-order valence-corrected chi connectivity index (χ4v) is 1.52. The van der Waals surface area contributed by atoms with E-state index in [2.05, 4.69) is 6.58 Å². The fraction of sp³-hybridized carbons (Fsp3) is 0.231. The Kier molecular flexibility index (Phi) is 3.23. The van der Waals surface area contributed by atoms with E-state index in [0.717, 1.165) is 22.3 Å². The Bertz CT molecular complexity index is 386. The molecule has 0 N–H and O–H groups in total. The van der Waals surface area contributed by atoms with Crippen LogP contribution in [0, 0.1) is 12.7 Å². The van der Waals surface area contributed by atoms with Gasteiger partial charge in [-0.2, -0.15) is 0 Å². The minimum absolute atomic E-state index is 0.203. The monoisotopic (exact) mass is 190 g/mol. The number of halogens is 1. The highest BCUT2D eigenvalue weighted by Gasteiger charge is 2.05. The van der Waals surface area contributed by atoms with Gasteiger partial charge in [-0.25, -0.2) is 4.39 Å². The van der Waals surface area contributed by atoms with Crippen molar-refractivity contribution >= 4 is 5.57 Å². The van der Waals surface area contributed by atoms with Crippen molar-refractivity contribution in [2.75, 3.05) is 0 Å². The largest absolute Gasteiger partial charge is 0.207 e. The van der Waals surface area contributed by atoms with E-state index in [1.165, 1.54) is 6.07 Å². The van der Waals surface area contributed by atoms with Crippen molar-refractivity contribution < 1.29 is 4.39 Å². The first-order chi connectivity index (χ1) is 6.56. The lowest BCUT2D eigenvalue weighted by Gasteiger charge is -2.10. The molecule has 0 bridgehead atoms. The molecule has 0 aliphatic rings. The zero-order chi connectivity index (χ0) is 10.7. The molecule has 1 heteroatoms. The zero-order valence-corrected chi connectivity index (χ0v) is 8.89. The zero-order valence-electron chi connectivity index (χ0n) is 8.89. The van der Waals surface area contributed by atoms with Crippen LogP contribution in [0.25, 0.3) is 5.57 Å². The molecule has 1 aromatic carbocycles. The second-order valence-corrected chi connectivity index (χ2v) is 3.44. The quantitative estimate of drug-likeness (QED) is 0.615. The maximum absolute atomic E-state index is 13.1. The van der Waals surface area contributed by atoms with Gasteiger partial charge in [-0.1, -0.05) is 24.3 Å². The lowest BCUT2D eigenvalue weighted by atomic mass is 9.96. The standard InChI is InChI=1S/C13H15F/c1-5-12(9(2)3)13-8-11(14)7-6-10(13)4/h5-8H,2H2,1,3-4H3/b12-5-. The van der Waals surface area contributed by atoms with E-state index in [4.69, 9.17) is 0 Å². The van der Waals surface area contributed by atoms with Crippen molar-refractivity contribution in [2.45, 2.75) is 20.8 Å². The van der Waals surface area contributed by atoms with Crippen LogP contribution in [0.3, 0.4) is 0 Å². The molecule has 14 heavy (non-hydrogen) atoms. The summed E-state index contributed by atoms with van der Waals surface area (Å²) in [6.07, 6.45) is 1.96. The van der Waals surface area contributed by atoms with Crippen LogP contribution in [-0.2, 0) is 0 Å². The van der Waals surface area contributed by atoms with E-state index in [1.807, 2.05) is 26.8 Å². The molecule has 0 aliphatic heterocycles. The second kappa shape index (κ2) is 4.23. The van der Waals surface area contributed by atoms with Gasteiger partial charge < -0.3 is 0 Å². The third-order valence-electron chi connectivity index (χ3n) is 2.24. The van der Waals surface area contributed by atoms with E-state index in [9.17, 15) is 4.39 Å². The molecule has 0 radical (unpaired) electrons. The Morgan fingerprint density at radius 3 is 2.57 bits per heavy atom. The van der Waals surface area contributed by atoms with Crippen molar-refractivity contribution in [3.8, 4) is 0 Å². The Morgan fingerprint density at radius 1 is 1.43 bits per heavy atom. The summed E-state index contributed by atoms with van der Waals surface area (Å²) in [4.78, 5) is 0. The Morgan fingerprint density at radius 2 is 2.07 bits per heavy atom. The van der Waals surface area contributed by atoms with Crippen LogP contribution >= 0.6 is 0 Å². The molecule has 0 aromatic heterocycles. The van der Waals surface area contributed by atoms with Gasteiger partial charge in [0.15, 0.2) is 0 Å². The lowest BCUT2D eigenvalue weighted by molar-refractivity contribution is 0.627. The molecule has 0 fully saturated rings. The molecule has 0 spiro atoms. The van der Waals surface area contributed by atoms with Gasteiger partial charge in [0.05, 0.1) is 0 Å². The minimum Gasteiger partial charge on any atom is -0.207 e. The third kappa shape index (κ3) is 2.11. The predicted molar refractivity (Wildman–Crippen MR) is 59.6 cm³/mol. The molecule has 74 valence electrons. The average Bonchev–Trinajstić information content (AvgIpc) is 2.11. The normalized spacial score (nSPS) is 11.6. The van der Waals surface area contributed by atoms with Gasteiger partial charge in [0.25, 0.3) is 0 Å². The van der Waals surface area contributed by atoms with Crippen molar-refractivity contribution in [1.29, 1.82) is 0 Å². The van der Waals surface area contributed by atoms with E-state index in [-0.39, 0.29) is 5.82 Å². The third-order valence-corrected chi connectivity index (χ3v) is 2.24. The Hall–Kier alpha value is -1.37. The molecule has 1 aromatic rings. The maximum Gasteiger partial charge on any atom is 0.123 e. The molecule has 0 amide bonds. The van der Waals surface area contributed by atoms with Crippen LogP contribution in [0.15, 0.2) is 36.4 Å². The van der Waals surface area contributed by atoms with E-state index in [0.29, 0.717) is 0 Å². The highest BCUT2D eigenvalue weighted by molar-refractivity contribution is 5.79. The fourth-order valence-electron chi connectivity index (χ4n) is 1.52. The number of hydrogen-bond acceptors (Lipinski definition) is 0. The highest BCUT2D eigenvalue weighted by atomic mass is 19.1. The summed E-state index contributed by atoms with van der Waals surface area (Å²) >= 11 is 0. The number of hydrogen-bond donors (Lipinski definition) is 0. The van der Waals surface area contributed by atoms with E-state index < -0.39 is 0 Å². The van der Waals surface area contributed by atoms with Crippen molar-refractivity contribution in [3.63, 3.8) is 0 Å². The van der Waals surface area contributed by atoms with Crippen LogP contribution in [0.4, 0.5) is 4.39 Å². The van der Waals surface area contributed by atoms with Crippen LogP contribution in [-0.4, -0.2) is 0 Å². The Labute approximate surface area is 84.8 Å². The number of benzene rings is 1. The van der Waals surface area contributed by atoms with Crippen LogP contribution in [0.2, 0.25) is 0 Å². The molecule has 0 aliphatic carbocycles. The van der Waals surface area contributed by atoms with Gasteiger partial charge in [0.1, 0.15) is 5.82 Å². The van der Waals surface area contributed by atoms with Gasteiger partial charge in [-0.15, -0.1) is 0 Å². The molecule has 0 unspecified atom stereocenters. The van der Waals surface area contributed by atoms with Crippen LogP contribution in [0.5, 0.6) is 0 Å². The van der Waals surface area contributed by atoms with Crippen molar-refractivity contribution in [1.82, 2.24) is 0 Å². The first-order valence-electron chi connectivity index (χ1n) is 4.65. The number of allylic oxidation sites excluding steroid dienone is 3. The summed E-state index contributed by atoms with van der Waals surface area (Å²) in [7, 11) is 0. The molecule has 0 nitrogen and oxygen atoms in total. The predicted octanol–water partition coefficient (Wildman–Crippen LogP) is 4.11. The van der Waals surface area contributed by atoms with Crippen LogP contribution in [0.1, 0.15) is 25.0 Å². The SMILES string of the molecule is C=C(C)/C(=C/C)c1cc(F)ccc1C. The Balaban J connectivity index is 3.30. The summed E-state index contributed by atoms with van der Waals surface area (Å²) < 4.78 is 13.1. The lowest BCUT2D eigenvalue weighted by Crippen LogP contribution is -1.91. The maximum atomic E-state index is 13.1. The molecular formula is C13H15F. The summed E-state index contributed by atoms with van der Waals surface area (Å²) in [5, 5.41) is 0. The summed E-state index contributed by atoms with van der Waals surface area (Å²) in [5.41, 5.74) is 3.98. The molecule has 0 saturated heterocycles. The molecule has 0 saturated carbocycles. The molecule has 1 rings (SSSR count). The first-order valence-corrected chi connectivity index (χ1v) is 4.65. The van der Waals surface area contributed by atoms with E-state index >= 15 is 0 Å². The molecule has 0 heterocycles. The van der Waals surface area contributed by atoms with Gasteiger partial charge in [-0.3, -0.25) is 0 Å². The topological polar surface area (TPSA) is 0 Å². The smallest absolute Gasteiger partial charge is 0.123 e. The molecular weight excluding hydrogens is 175 g/mol. The summed E-state index contributed by atoms with van der Waals surface area (Å²) in [6, 6.07) is 4.82. The highest BCUT2D eigenvalue weighted by Crippen LogP contribution is 2.25. The number of aryl methyl sites for hydroxylation is 1. The first kappa shape index (κ1) is 10.7. The van der Waals surface area contributed by atoms with Gasteiger partial charge >= 0.3 is 0 Å². The number of rotatable bonds is 2. The second-order valence-electron chi connectivity index (χ2n) is 3.44. The summed E-state index contributed by atoms with van der Waals surface area (Å²) in [5.74, 6) is -0.203. The van der Waals surface area contributed by atoms with Crippen molar-refractivity contribution in [3.05, 3.63) is 53.4 Å². The van der Waals surface area contributed by atoms with Gasteiger partial charge in [0.2, 0.25) is 0 Å².